The molecule has 0 aliphatic heterocycles. The van der Waals surface area contributed by atoms with E-state index in [2.05, 4.69) is 93.2 Å². The van der Waals surface area contributed by atoms with E-state index in [1.807, 2.05) is 0 Å². The molecule has 0 N–H and O–H groups in total. The first kappa shape index (κ1) is 22.9. The van der Waals surface area contributed by atoms with Crippen LogP contribution in [0.15, 0.2) is 78.9 Å². The summed E-state index contributed by atoms with van der Waals surface area (Å²) >= 11 is 0. The minimum Gasteiger partial charge on any atom is -0.0993 e. The van der Waals surface area contributed by atoms with Gasteiger partial charge in [-0.2, -0.15) is 0 Å². The smallest absolute Gasteiger partial charge is 0.00254 e. The van der Waals surface area contributed by atoms with Crippen LogP contribution >= 0.6 is 0 Å². The highest BCUT2D eigenvalue weighted by Gasteiger charge is 2.19. The van der Waals surface area contributed by atoms with Crippen LogP contribution in [0.1, 0.15) is 85.3 Å². The molecule has 0 aromatic heterocycles. The number of allylic oxidation sites excluding steroid dienone is 2. The molecule has 174 valence electrons. The molecule has 0 radical (unpaired) electrons. The fraction of sp³-hybridized carbons (Fsp3) is 0.353. The van der Waals surface area contributed by atoms with Gasteiger partial charge in [0.2, 0.25) is 0 Å². The molecule has 1 saturated carbocycles. The number of benzene rings is 3. The quantitative estimate of drug-likeness (QED) is 0.317. The van der Waals surface area contributed by atoms with Gasteiger partial charge in [-0.25, -0.2) is 0 Å². The second kappa shape index (κ2) is 10.2. The lowest BCUT2D eigenvalue weighted by Gasteiger charge is -2.24. The van der Waals surface area contributed by atoms with E-state index in [0.29, 0.717) is 11.8 Å². The van der Waals surface area contributed by atoms with Crippen molar-refractivity contribution in [3.63, 3.8) is 0 Å². The van der Waals surface area contributed by atoms with E-state index >= 15 is 0 Å². The summed E-state index contributed by atoms with van der Waals surface area (Å²) in [6.07, 6.45) is 14.5. The van der Waals surface area contributed by atoms with Crippen molar-refractivity contribution in [3.8, 4) is 11.1 Å². The molecule has 0 saturated heterocycles. The Balaban J connectivity index is 1.46. The minimum atomic E-state index is 0.537. The molecule has 0 nitrogen and oxygen atoms in total. The monoisotopic (exact) mass is 446 g/mol. The van der Waals surface area contributed by atoms with Gasteiger partial charge in [0, 0.05) is 0 Å². The Labute approximate surface area is 206 Å². The van der Waals surface area contributed by atoms with Crippen molar-refractivity contribution in [2.24, 2.45) is 5.92 Å². The molecule has 0 spiro atoms. The van der Waals surface area contributed by atoms with Crippen molar-refractivity contribution in [1.82, 2.24) is 0 Å². The van der Waals surface area contributed by atoms with E-state index < -0.39 is 0 Å². The number of hydrogen-bond acceptors (Lipinski definition) is 0. The summed E-state index contributed by atoms with van der Waals surface area (Å²) in [4.78, 5) is 0. The molecule has 0 atom stereocenters. The first-order valence-corrected chi connectivity index (χ1v) is 13.2. The molecule has 0 amide bonds. The van der Waals surface area contributed by atoms with E-state index in [1.54, 1.807) is 5.56 Å². The highest BCUT2D eigenvalue weighted by molar-refractivity contribution is 5.80. The SMILES string of the molecule is C=C(Cc1ccc(Cc2cc(-c3cccc4c3C=CC4)cc(C3CCCCC3)c2)cc1)C(C)C. The van der Waals surface area contributed by atoms with Gasteiger partial charge in [-0.05, 0) is 88.4 Å². The predicted molar refractivity (Wildman–Crippen MR) is 147 cm³/mol. The third kappa shape index (κ3) is 5.12. The van der Waals surface area contributed by atoms with Crippen molar-refractivity contribution < 1.29 is 0 Å². The molecule has 0 heteroatoms. The highest BCUT2D eigenvalue weighted by Crippen LogP contribution is 2.38. The van der Waals surface area contributed by atoms with Crippen LogP contribution in [0.25, 0.3) is 17.2 Å². The van der Waals surface area contributed by atoms with Crippen molar-refractivity contribution in [1.29, 1.82) is 0 Å². The highest BCUT2D eigenvalue weighted by atomic mass is 14.2. The molecule has 5 rings (SSSR count). The average Bonchev–Trinajstić information content (AvgIpc) is 3.35. The van der Waals surface area contributed by atoms with Crippen molar-refractivity contribution >= 4 is 6.08 Å². The van der Waals surface area contributed by atoms with Crippen molar-refractivity contribution in [2.75, 3.05) is 0 Å². The summed E-state index contributed by atoms with van der Waals surface area (Å²) in [5, 5.41) is 0. The lowest BCUT2D eigenvalue weighted by Crippen LogP contribution is -2.06. The van der Waals surface area contributed by atoms with Crippen LogP contribution in [0.4, 0.5) is 0 Å². The molecule has 34 heavy (non-hydrogen) atoms. The van der Waals surface area contributed by atoms with Gasteiger partial charge in [0.25, 0.3) is 0 Å². The first-order chi connectivity index (χ1) is 16.6. The zero-order chi connectivity index (χ0) is 23.5. The van der Waals surface area contributed by atoms with E-state index in [1.165, 1.54) is 76.6 Å². The Morgan fingerprint density at radius 2 is 1.65 bits per heavy atom. The Morgan fingerprint density at radius 1 is 0.882 bits per heavy atom. The topological polar surface area (TPSA) is 0 Å². The summed E-state index contributed by atoms with van der Waals surface area (Å²) in [6.45, 7) is 8.71. The molecule has 0 bridgehead atoms. The van der Waals surface area contributed by atoms with Crippen LogP contribution in [-0.2, 0) is 19.3 Å². The summed E-state index contributed by atoms with van der Waals surface area (Å²) in [6, 6.07) is 23.5. The van der Waals surface area contributed by atoms with Gasteiger partial charge < -0.3 is 0 Å². The molecular formula is C34H38. The van der Waals surface area contributed by atoms with E-state index in [0.717, 1.165) is 19.3 Å². The third-order valence-electron chi connectivity index (χ3n) is 7.90. The maximum absolute atomic E-state index is 4.25. The zero-order valence-electron chi connectivity index (χ0n) is 20.9. The second-order valence-corrected chi connectivity index (χ2v) is 10.8. The molecule has 0 heterocycles. The van der Waals surface area contributed by atoms with E-state index in [4.69, 9.17) is 0 Å². The predicted octanol–water partition coefficient (Wildman–Crippen LogP) is 9.32. The summed E-state index contributed by atoms with van der Waals surface area (Å²) < 4.78 is 0. The van der Waals surface area contributed by atoms with Gasteiger partial charge in [-0.15, -0.1) is 0 Å². The molecule has 1 fully saturated rings. The summed E-state index contributed by atoms with van der Waals surface area (Å²) in [7, 11) is 0. The number of hydrogen-bond donors (Lipinski definition) is 0. The summed E-state index contributed by atoms with van der Waals surface area (Å²) in [5.41, 5.74) is 12.7. The van der Waals surface area contributed by atoms with Crippen LogP contribution in [-0.4, -0.2) is 0 Å². The van der Waals surface area contributed by atoms with Crippen molar-refractivity contribution in [3.05, 3.63) is 112 Å². The maximum atomic E-state index is 4.25. The summed E-state index contributed by atoms with van der Waals surface area (Å²) in [5.74, 6) is 1.25. The Bertz CT molecular complexity index is 1180. The fourth-order valence-electron chi connectivity index (χ4n) is 5.67. The standard InChI is InChI=1S/C34H38/c1-24(2)25(3)19-26-15-17-27(18-16-26)20-28-21-31(29-9-5-4-6-10-29)23-32(22-28)34-14-8-12-30-11-7-13-33(30)34/h7-8,12-18,21-24,29H,3-6,9-11,19-20H2,1-2H3. The Hall–Kier alpha value is -2.86. The fourth-order valence-corrected chi connectivity index (χ4v) is 5.67. The van der Waals surface area contributed by atoms with Gasteiger partial charge >= 0.3 is 0 Å². The molecule has 2 aliphatic carbocycles. The van der Waals surface area contributed by atoms with Crippen LogP contribution in [0.5, 0.6) is 0 Å². The molecule has 3 aromatic rings. The number of fused-ring (bicyclic) bond motifs is 1. The van der Waals surface area contributed by atoms with Crippen LogP contribution in [0, 0.1) is 5.92 Å². The van der Waals surface area contributed by atoms with Gasteiger partial charge in [-0.1, -0.05) is 118 Å². The van der Waals surface area contributed by atoms with Gasteiger partial charge in [0.15, 0.2) is 0 Å². The Morgan fingerprint density at radius 3 is 2.41 bits per heavy atom. The van der Waals surface area contributed by atoms with Gasteiger partial charge in [0.05, 0.1) is 0 Å². The maximum Gasteiger partial charge on any atom is -0.00254 e. The Kier molecular flexibility index (Phi) is 6.86. The molecule has 0 unspecified atom stereocenters. The first-order valence-electron chi connectivity index (χ1n) is 13.2. The normalized spacial score (nSPS) is 15.6. The number of rotatable bonds is 7. The average molecular weight is 447 g/mol. The van der Waals surface area contributed by atoms with Gasteiger partial charge in [-0.3, -0.25) is 0 Å². The van der Waals surface area contributed by atoms with Crippen LogP contribution in [0.3, 0.4) is 0 Å². The van der Waals surface area contributed by atoms with E-state index in [-0.39, 0.29) is 0 Å². The van der Waals surface area contributed by atoms with Crippen LogP contribution < -0.4 is 0 Å². The molecule has 3 aromatic carbocycles. The molecular weight excluding hydrogens is 408 g/mol. The van der Waals surface area contributed by atoms with E-state index in [9.17, 15) is 0 Å². The lowest BCUT2D eigenvalue weighted by atomic mass is 9.81. The zero-order valence-corrected chi connectivity index (χ0v) is 20.9. The van der Waals surface area contributed by atoms with Crippen LogP contribution in [0.2, 0.25) is 0 Å². The molecule has 2 aliphatic rings. The second-order valence-electron chi connectivity index (χ2n) is 10.8. The third-order valence-corrected chi connectivity index (χ3v) is 7.90. The van der Waals surface area contributed by atoms with Gasteiger partial charge in [0.1, 0.15) is 0 Å². The minimum absolute atomic E-state index is 0.537. The largest absolute Gasteiger partial charge is 0.0993 e. The lowest BCUT2D eigenvalue weighted by molar-refractivity contribution is 0.443. The van der Waals surface area contributed by atoms with Crippen molar-refractivity contribution in [2.45, 2.75) is 71.1 Å².